The van der Waals surface area contributed by atoms with Gasteiger partial charge in [0, 0.05) is 16.2 Å². The second-order valence-electron chi connectivity index (χ2n) is 4.92. The molecule has 0 aliphatic rings. The van der Waals surface area contributed by atoms with Crippen LogP contribution in [0.5, 0.6) is 0 Å². The van der Waals surface area contributed by atoms with E-state index in [0.717, 1.165) is 10.7 Å². The molecule has 130 valence electrons. The van der Waals surface area contributed by atoms with E-state index in [0.29, 0.717) is 18.1 Å². The number of amides is 3. The van der Waals surface area contributed by atoms with E-state index in [1.165, 1.54) is 16.6 Å². The fourth-order valence-electron chi connectivity index (χ4n) is 1.92. The lowest BCUT2D eigenvalue weighted by Gasteiger charge is -2.04. The molecule has 0 bridgehead atoms. The Balaban J connectivity index is 1.38. The fraction of sp³-hybridized carbons (Fsp3) is 0.200. The molecule has 7 nitrogen and oxygen atoms in total. The van der Waals surface area contributed by atoms with Gasteiger partial charge in [0.15, 0.2) is 0 Å². The number of carbonyl (C=O) groups excluding carboxylic acids is 2. The summed E-state index contributed by atoms with van der Waals surface area (Å²) >= 11 is 4.38. The molecular weight excluding hydrogens is 378 g/mol. The van der Waals surface area contributed by atoms with Crippen molar-refractivity contribution in [1.82, 2.24) is 25.8 Å². The van der Waals surface area contributed by atoms with Crippen molar-refractivity contribution in [2.75, 3.05) is 5.75 Å². The van der Waals surface area contributed by atoms with Crippen LogP contribution in [0.3, 0.4) is 0 Å². The maximum absolute atomic E-state index is 11.8. The van der Waals surface area contributed by atoms with Crippen LogP contribution in [0.2, 0.25) is 0 Å². The minimum absolute atomic E-state index is 0.0721. The Labute approximate surface area is 156 Å². The lowest BCUT2D eigenvalue weighted by molar-refractivity contribution is -0.117. The number of urea groups is 1. The van der Waals surface area contributed by atoms with Crippen molar-refractivity contribution in [3.05, 3.63) is 50.6 Å². The molecule has 3 aromatic heterocycles. The van der Waals surface area contributed by atoms with Crippen LogP contribution in [0.25, 0.3) is 0 Å². The van der Waals surface area contributed by atoms with Crippen molar-refractivity contribution in [2.45, 2.75) is 18.1 Å². The highest BCUT2D eigenvalue weighted by atomic mass is 32.2. The van der Waals surface area contributed by atoms with Gasteiger partial charge < -0.3 is 5.32 Å². The Morgan fingerprint density at radius 1 is 1.16 bits per heavy atom. The van der Waals surface area contributed by atoms with Crippen molar-refractivity contribution in [1.29, 1.82) is 0 Å². The van der Waals surface area contributed by atoms with Gasteiger partial charge in [-0.15, -0.1) is 27.8 Å². The van der Waals surface area contributed by atoms with Gasteiger partial charge in [0.25, 0.3) is 0 Å². The number of nitrogens with zero attached hydrogens (tertiary/aromatic N) is 2. The van der Waals surface area contributed by atoms with Crippen LogP contribution in [-0.4, -0.2) is 32.9 Å². The SMILES string of the molecule is O=C(CSc1n[nH]c(Cc2cccs2)n1)NC(=O)NCc1cccs1. The number of thioether (sulfide) groups is 1. The van der Waals surface area contributed by atoms with Crippen LogP contribution in [-0.2, 0) is 17.8 Å². The zero-order valence-corrected chi connectivity index (χ0v) is 15.5. The normalized spacial score (nSPS) is 10.6. The van der Waals surface area contributed by atoms with Crippen LogP contribution in [0.4, 0.5) is 4.79 Å². The Bertz CT molecular complexity index is 814. The van der Waals surface area contributed by atoms with Gasteiger partial charge in [0.1, 0.15) is 5.82 Å². The van der Waals surface area contributed by atoms with Gasteiger partial charge in [0.05, 0.1) is 12.3 Å². The number of carbonyl (C=O) groups is 2. The average Bonchev–Trinajstić information content (AvgIpc) is 3.35. The maximum atomic E-state index is 11.8. The molecule has 10 heteroatoms. The molecule has 0 aliphatic heterocycles. The van der Waals surface area contributed by atoms with Crippen LogP contribution < -0.4 is 10.6 Å². The van der Waals surface area contributed by atoms with Crippen molar-refractivity contribution < 1.29 is 9.59 Å². The third kappa shape index (κ3) is 5.69. The van der Waals surface area contributed by atoms with Gasteiger partial charge in [-0.2, -0.15) is 0 Å². The molecule has 0 atom stereocenters. The molecule has 25 heavy (non-hydrogen) atoms. The molecule has 0 radical (unpaired) electrons. The number of aromatic amines is 1. The summed E-state index contributed by atoms with van der Waals surface area (Å²) in [5.74, 6) is 0.431. The smallest absolute Gasteiger partial charge is 0.321 e. The first kappa shape index (κ1) is 17.6. The molecule has 3 amide bonds. The second kappa shape index (κ2) is 8.79. The zero-order valence-electron chi connectivity index (χ0n) is 13.0. The quantitative estimate of drug-likeness (QED) is 0.536. The summed E-state index contributed by atoms with van der Waals surface area (Å²) in [6.07, 6.45) is 0.683. The standard InChI is InChI=1S/C15H15N5O2S3/c21-13(18-14(22)16-8-11-4-2-6-24-11)9-25-15-17-12(19-20-15)7-10-3-1-5-23-10/h1-6H,7-9H2,(H,17,19,20)(H2,16,18,21,22). The number of hydrogen-bond donors (Lipinski definition) is 3. The van der Waals surface area contributed by atoms with Gasteiger partial charge in [-0.05, 0) is 22.9 Å². The maximum Gasteiger partial charge on any atom is 0.321 e. The van der Waals surface area contributed by atoms with Crippen LogP contribution in [0.1, 0.15) is 15.6 Å². The summed E-state index contributed by atoms with van der Waals surface area (Å²) in [4.78, 5) is 30.0. The van der Waals surface area contributed by atoms with E-state index in [2.05, 4.69) is 25.8 Å². The number of H-pyrrole nitrogens is 1. The minimum atomic E-state index is -0.507. The third-order valence-electron chi connectivity index (χ3n) is 3.02. The first-order valence-corrected chi connectivity index (χ1v) is 10.1. The fourth-order valence-corrected chi connectivity index (χ4v) is 3.89. The van der Waals surface area contributed by atoms with E-state index in [9.17, 15) is 9.59 Å². The first-order chi connectivity index (χ1) is 12.2. The van der Waals surface area contributed by atoms with Gasteiger partial charge >= 0.3 is 6.03 Å². The van der Waals surface area contributed by atoms with Gasteiger partial charge in [-0.25, -0.2) is 9.78 Å². The molecule has 3 aromatic rings. The number of aromatic nitrogens is 3. The lowest BCUT2D eigenvalue weighted by atomic mass is 10.3. The number of rotatable bonds is 7. The van der Waals surface area contributed by atoms with E-state index in [-0.39, 0.29) is 5.75 Å². The van der Waals surface area contributed by atoms with E-state index in [1.54, 1.807) is 22.7 Å². The Kier molecular flexibility index (Phi) is 6.20. The largest absolute Gasteiger partial charge is 0.333 e. The van der Waals surface area contributed by atoms with Crippen molar-refractivity contribution in [3.8, 4) is 0 Å². The minimum Gasteiger partial charge on any atom is -0.333 e. The van der Waals surface area contributed by atoms with E-state index < -0.39 is 11.9 Å². The summed E-state index contributed by atoms with van der Waals surface area (Å²) in [5.41, 5.74) is 0. The molecule has 0 saturated carbocycles. The molecule has 3 heterocycles. The second-order valence-corrected chi connectivity index (χ2v) is 7.93. The zero-order chi connectivity index (χ0) is 17.5. The number of hydrogen-bond acceptors (Lipinski definition) is 7. The highest BCUT2D eigenvalue weighted by molar-refractivity contribution is 7.99. The third-order valence-corrected chi connectivity index (χ3v) is 5.62. The van der Waals surface area contributed by atoms with Crippen molar-refractivity contribution >= 4 is 46.4 Å². The molecule has 3 N–H and O–H groups in total. The summed E-state index contributed by atoms with van der Waals surface area (Å²) in [6.45, 7) is 0.400. The molecule has 0 saturated heterocycles. The molecular formula is C15H15N5O2S3. The summed E-state index contributed by atoms with van der Waals surface area (Å²) in [7, 11) is 0. The number of nitrogens with one attached hydrogen (secondary N) is 3. The highest BCUT2D eigenvalue weighted by Crippen LogP contribution is 2.16. The molecule has 0 aliphatic carbocycles. The summed E-state index contributed by atoms with van der Waals surface area (Å²) in [6, 6.07) is 7.33. The molecule has 0 fully saturated rings. The topological polar surface area (TPSA) is 99.8 Å². The first-order valence-electron chi connectivity index (χ1n) is 7.35. The Morgan fingerprint density at radius 3 is 2.64 bits per heavy atom. The van der Waals surface area contributed by atoms with Crippen molar-refractivity contribution in [3.63, 3.8) is 0 Å². The van der Waals surface area contributed by atoms with Gasteiger partial charge in [0.2, 0.25) is 11.1 Å². The lowest BCUT2D eigenvalue weighted by Crippen LogP contribution is -2.39. The molecule has 0 aromatic carbocycles. The number of imide groups is 1. The summed E-state index contributed by atoms with van der Waals surface area (Å²) < 4.78 is 0. The molecule has 3 rings (SSSR count). The molecule has 0 unspecified atom stereocenters. The summed E-state index contributed by atoms with van der Waals surface area (Å²) in [5, 5.41) is 16.3. The molecule has 0 spiro atoms. The predicted molar refractivity (Wildman–Crippen MR) is 98.9 cm³/mol. The van der Waals surface area contributed by atoms with E-state index in [1.807, 2.05) is 35.0 Å². The highest BCUT2D eigenvalue weighted by Gasteiger charge is 2.11. The number of thiophene rings is 2. The Hall–Kier alpha value is -2.17. The predicted octanol–water partition coefficient (Wildman–Crippen LogP) is 2.64. The van der Waals surface area contributed by atoms with E-state index >= 15 is 0 Å². The van der Waals surface area contributed by atoms with Gasteiger partial charge in [-0.3, -0.25) is 15.2 Å². The van der Waals surface area contributed by atoms with Gasteiger partial charge in [-0.1, -0.05) is 23.9 Å². The van der Waals surface area contributed by atoms with Crippen LogP contribution >= 0.6 is 34.4 Å². The average molecular weight is 394 g/mol. The monoisotopic (exact) mass is 393 g/mol. The van der Waals surface area contributed by atoms with Crippen LogP contribution in [0.15, 0.2) is 40.2 Å². The van der Waals surface area contributed by atoms with Crippen molar-refractivity contribution in [2.24, 2.45) is 0 Å². The Morgan fingerprint density at radius 2 is 1.92 bits per heavy atom. The van der Waals surface area contributed by atoms with E-state index in [4.69, 9.17) is 0 Å². The van der Waals surface area contributed by atoms with Crippen LogP contribution in [0, 0.1) is 0 Å².